The first kappa shape index (κ1) is 14.6. The van der Waals surface area contributed by atoms with Crippen LogP contribution in [0.2, 0.25) is 0 Å². The fourth-order valence-electron chi connectivity index (χ4n) is 1.95. The molecule has 0 saturated heterocycles. The standard InChI is InChI=1S/C16H13F2N3S/c1-16(17,18)12-4-6-13(7-5-12)20-15-21-14(10-22-15)11-3-2-8-19-9-11/h2-10H,1H3,(H,20,21). The minimum atomic E-state index is -2.83. The van der Waals surface area contributed by atoms with Gasteiger partial charge < -0.3 is 5.32 Å². The molecular weight excluding hydrogens is 304 g/mol. The molecule has 0 radical (unpaired) electrons. The molecule has 3 rings (SSSR count). The lowest BCUT2D eigenvalue weighted by molar-refractivity contribution is 0.0175. The fourth-order valence-corrected chi connectivity index (χ4v) is 2.69. The van der Waals surface area contributed by atoms with Gasteiger partial charge in [-0.2, -0.15) is 0 Å². The average molecular weight is 317 g/mol. The molecule has 0 aliphatic carbocycles. The van der Waals surface area contributed by atoms with Gasteiger partial charge in [-0.15, -0.1) is 11.3 Å². The highest BCUT2D eigenvalue weighted by Crippen LogP contribution is 2.30. The topological polar surface area (TPSA) is 37.8 Å². The molecule has 0 aliphatic heterocycles. The highest BCUT2D eigenvalue weighted by Gasteiger charge is 2.23. The minimum absolute atomic E-state index is 0.00626. The van der Waals surface area contributed by atoms with Crippen LogP contribution in [0.25, 0.3) is 11.3 Å². The maximum absolute atomic E-state index is 13.2. The molecular formula is C16H13F2N3S. The van der Waals surface area contributed by atoms with E-state index < -0.39 is 5.92 Å². The van der Waals surface area contributed by atoms with Gasteiger partial charge in [-0.05, 0) is 24.3 Å². The zero-order chi connectivity index (χ0) is 15.6. The number of pyridine rings is 1. The zero-order valence-electron chi connectivity index (χ0n) is 11.8. The van der Waals surface area contributed by atoms with Crippen molar-refractivity contribution in [2.45, 2.75) is 12.8 Å². The summed E-state index contributed by atoms with van der Waals surface area (Å²) in [6, 6.07) is 9.86. The third kappa shape index (κ3) is 3.28. The first-order chi connectivity index (χ1) is 10.5. The molecule has 2 heterocycles. The van der Waals surface area contributed by atoms with Crippen molar-refractivity contribution in [1.29, 1.82) is 0 Å². The molecule has 0 aliphatic rings. The van der Waals surface area contributed by atoms with Gasteiger partial charge in [0.25, 0.3) is 5.92 Å². The quantitative estimate of drug-likeness (QED) is 0.731. The normalized spacial score (nSPS) is 11.4. The van der Waals surface area contributed by atoms with Crippen molar-refractivity contribution in [2.24, 2.45) is 0 Å². The summed E-state index contributed by atoms with van der Waals surface area (Å²) < 4.78 is 26.3. The number of aromatic nitrogens is 2. The second kappa shape index (κ2) is 5.81. The summed E-state index contributed by atoms with van der Waals surface area (Å²) in [7, 11) is 0. The van der Waals surface area contributed by atoms with E-state index in [1.54, 1.807) is 24.5 Å². The van der Waals surface area contributed by atoms with Crippen molar-refractivity contribution in [2.75, 3.05) is 5.32 Å². The van der Waals surface area contributed by atoms with E-state index in [1.165, 1.54) is 23.5 Å². The van der Waals surface area contributed by atoms with E-state index in [0.717, 1.165) is 23.9 Å². The van der Waals surface area contributed by atoms with Crippen molar-refractivity contribution < 1.29 is 8.78 Å². The first-order valence-electron chi connectivity index (χ1n) is 6.64. The van der Waals surface area contributed by atoms with Crippen molar-refractivity contribution in [3.8, 4) is 11.3 Å². The van der Waals surface area contributed by atoms with Gasteiger partial charge in [0, 0.05) is 41.5 Å². The van der Waals surface area contributed by atoms with Gasteiger partial charge in [-0.1, -0.05) is 12.1 Å². The maximum atomic E-state index is 13.2. The highest BCUT2D eigenvalue weighted by molar-refractivity contribution is 7.14. The van der Waals surface area contributed by atoms with Gasteiger partial charge in [-0.25, -0.2) is 13.8 Å². The Kier molecular flexibility index (Phi) is 3.85. The van der Waals surface area contributed by atoms with Crippen LogP contribution in [0.15, 0.2) is 54.2 Å². The molecule has 1 N–H and O–H groups in total. The summed E-state index contributed by atoms with van der Waals surface area (Å²) in [5, 5.41) is 5.74. The van der Waals surface area contributed by atoms with E-state index in [-0.39, 0.29) is 5.56 Å². The molecule has 22 heavy (non-hydrogen) atoms. The van der Waals surface area contributed by atoms with Crippen molar-refractivity contribution in [3.05, 3.63) is 59.7 Å². The number of nitrogens with zero attached hydrogens (tertiary/aromatic N) is 2. The van der Waals surface area contributed by atoms with Gasteiger partial charge in [-0.3, -0.25) is 4.98 Å². The molecule has 0 bridgehead atoms. The molecule has 6 heteroatoms. The number of thiazole rings is 1. The smallest absolute Gasteiger partial charge is 0.270 e. The number of benzene rings is 1. The molecule has 0 unspecified atom stereocenters. The summed E-state index contributed by atoms with van der Waals surface area (Å²) in [6.45, 7) is 0.885. The molecule has 112 valence electrons. The third-order valence-corrected chi connectivity index (χ3v) is 3.86. The summed E-state index contributed by atoms with van der Waals surface area (Å²) in [5.41, 5.74) is 2.48. The number of hydrogen-bond donors (Lipinski definition) is 1. The Morgan fingerprint density at radius 1 is 1.14 bits per heavy atom. The molecule has 2 aromatic heterocycles. The molecule has 0 fully saturated rings. The Balaban J connectivity index is 1.76. The predicted molar refractivity (Wildman–Crippen MR) is 84.6 cm³/mol. The van der Waals surface area contributed by atoms with Crippen LogP contribution in [-0.4, -0.2) is 9.97 Å². The van der Waals surface area contributed by atoms with Crippen molar-refractivity contribution >= 4 is 22.2 Å². The number of halogens is 2. The largest absolute Gasteiger partial charge is 0.332 e. The lowest BCUT2D eigenvalue weighted by Crippen LogP contribution is -2.06. The molecule has 3 nitrogen and oxygen atoms in total. The number of hydrogen-bond acceptors (Lipinski definition) is 4. The zero-order valence-corrected chi connectivity index (χ0v) is 12.6. The fraction of sp³-hybridized carbons (Fsp3) is 0.125. The van der Waals surface area contributed by atoms with Gasteiger partial charge in [0.15, 0.2) is 5.13 Å². The minimum Gasteiger partial charge on any atom is -0.332 e. The summed E-state index contributed by atoms with van der Waals surface area (Å²) in [6.07, 6.45) is 3.46. The maximum Gasteiger partial charge on any atom is 0.270 e. The summed E-state index contributed by atoms with van der Waals surface area (Å²) >= 11 is 1.45. The molecule has 0 atom stereocenters. The van der Waals surface area contributed by atoms with Crippen LogP contribution in [-0.2, 0) is 5.92 Å². The molecule has 0 amide bonds. The Hall–Kier alpha value is -2.34. The number of alkyl halides is 2. The van der Waals surface area contributed by atoms with Crippen molar-refractivity contribution in [3.63, 3.8) is 0 Å². The molecule has 1 aromatic carbocycles. The van der Waals surface area contributed by atoms with Gasteiger partial charge in [0.2, 0.25) is 0 Å². The van der Waals surface area contributed by atoms with E-state index in [2.05, 4.69) is 15.3 Å². The summed E-state index contributed by atoms with van der Waals surface area (Å²) in [5.74, 6) is -2.83. The lowest BCUT2D eigenvalue weighted by Gasteiger charge is -2.11. The van der Waals surface area contributed by atoms with Crippen LogP contribution in [0.3, 0.4) is 0 Å². The molecule has 0 saturated carbocycles. The molecule has 3 aromatic rings. The third-order valence-electron chi connectivity index (χ3n) is 3.10. The second-order valence-corrected chi connectivity index (χ2v) is 5.73. The van der Waals surface area contributed by atoms with Crippen LogP contribution in [0, 0.1) is 0 Å². The monoisotopic (exact) mass is 317 g/mol. The van der Waals surface area contributed by atoms with Gasteiger partial charge in [0.1, 0.15) is 0 Å². The number of nitrogens with one attached hydrogen (secondary N) is 1. The Labute approximate surface area is 130 Å². The van der Waals surface area contributed by atoms with Crippen molar-refractivity contribution in [1.82, 2.24) is 9.97 Å². The van der Waals surface area contributed by atoms with E-state index in [0.29, 0.717) is 5.13 Å². The van der Waals surface area contributed by atoms with Gasteiger partial charge >= 0.3 is 0 Å². The van der Waals surface area contributed by atoms with Crippen LogP contribution in [0.4, 0.5) is 19.6 Å². The second-order valence-electron chi connectivity index (χ2n) is 4.87. The van der Waals surface area contributed by atoms with Crippen LogP contribution in [0.1, 0.15) is 12.5 Å². The van der Waals surface area contributed by atoms with E-state index >= 15 is 0 Å². The SMILES string of the molecule is CC(F)(F)c1ccc(Nc2nc(-c3cccnc3)cs2)cc1. The van der Waals surface area contributed by atoms with Gasteiger partial charge in [0.05, 0.1) is 5.69 Å². The Morgan fingerprint density at radius 3 is 2.55 bits per heavy atom. The van der Waals surface area contributed by atoms with Crippen LogP contribution in [0.5, 0.6) is 0 Å². The number of anilines is 2. The van der Waals surface area contributed by atoms with E-state index in [1.807, 2.05) is 17.5 Å². The highest BCUT2D eigenvalue weighted by atomic mass is 32.1. The predicted octanol–water partition coefficient (Wildman–Crippen LogP) is 5.06. The first-order valence-corrected chi connectivity index (χ1v) is 7.52. The lowest BCUT2D eigenvalue weighted by atomic mass is 10.1. The average Bonchev–Trinajstić information content (AvgIpc) is 2.96. The van der Waals surface area contributed by atoms with Crippen LogP contribution < -0.4 is 5.32 Å². The van der Waals surface area contributed by atoms with E-state index in [4.69, 9.17) is 0 Å². The Morgan fingerprint density at radius 2 is 1.91 bits per heavy atom. The van der Waals surface area contributed by atoms with Crippen LogP contribution >= 0.6 is 11.3 Å². The number of rotatable bonds is 4. The molecule has 0 spiro atoms. The van der Waals surface area contributed by atoms with E-state index in [9.17, 15) is 8.78 Å². The summed E-state index contributed by atoms with van der Waals surface area (Å²) in [4.78, 5) is 8.53. The Bertz CT molecular complexity index is 749.